The van der Waals surface area contributed by atoms with Gasteiger partial charge in [-0.15, -0.1) is 13.2 Å². The van der Waals surface area contributed by atoms with Gasteiger partial charge in [0.15, 0.2) is 0 Å². The Kier molecular flexibility index (Phi) is 5.59. The number of rotatable bonds is 5. The van der Waals surface area contributed by atoms with Crippen molar-refractivity contribution in [3.8, 4) is 5.75 Å². The van der Waals surface area contributed by atoms with E-state index in [0.29, 0.717) is 12.1 Å². The van der Waals surface area contributed by atoms with Crippen LogP contribution in [0.2, 0.25) is 0 Å². The van der Waals surface area contributed by atoms with Crippen LogP contribution in [-0.4, -0.2) is 47.6 Å². The Bertz CT molecular complexity index is 629. The summed E-state index contributed by atoms with van der Waals surface area (Å²) in [5, 5.41) is 0. The zero-order valence-electron chi connectivity index (χ0n) is 14.3. The van der Waals surface area contributed by atoms with Gasteiger partial charge < -0.3 is 14.5 Å². The molecule has 1 aliphatic rings. The van der Waals surface area contributed by atoms with Gasteiger partial charge in [0.2, 0.25) is 11.8 Å². The van der Waals surface area contributed by atoms with Gasteiger partial charge >= 0.3 is 6.36 Å². The van der Waals surface area contributed by atoms with Crippen molar-refractivity contribution in [3.05, 3.63) is 29.8 Å². The van der Waals surface area contributed by atoms with Gasteiger partial charge in [0.25, 0.3) is 0 Å². The number of alkyl halides is 3. The standard InChI is InChI=1S/C17H21F3N2O3/c1-11(2)21(3)16(24)13-8-15(23)22(10-13)9-12-4-6-14(7-5-12)25-17(18,19)20/h4-7,11,13H,8-10H2,1-3H3/t13-/m1/s1. The van der Waals surface area contributed by atoms with Crippen molar-refractivity contribution >= 4 is 11.8 Å². The summed E-state index contributed by atoms with van der Waals surface area (Å²) in [4.78, 5) is 27.6. The number of benzene rings is 1. The summed E-state index contributed by atoms with van der Waals surface area (Å²) in [6, 6.07) is 5.42. The van der Waals surface area contributed by atoms with Crippen LogP contribution in [0.4, 0.5) is 13.2 Å². The maximum Gasteiger partial charge on any atom is 0.573 e. The summed E-state index contributed by atoms with van der Waals surface area (Å²) in [5.41, 5.74) is 0.674. The molecule has 0 unspecified atom stereocenters. The second kappa shape index (κ2) is 7.33. The zero-order valence-corrected chi connectivity index (χ0v) is 14.3. The lowest BCUT2D eigenvalue weighted by atomic mass is 10.1. The van der Waals surface area contributed by atoms with E-state index in [1.54, 1.807) is 16.8 Å². The molecule has 25 heavy (non-hydrogen) atoms. The molecular formula is C17H21F3N2O3. The third kappa shape index (κ3) is 5.11. The second-order valence-electron chi connectivity index (χ2n) is 6.41. The third-order valence-electron chi connectivity index (χ3n) is 4.22. The van der Waals surface area contributed by atoms with Crippen LogP contribution < -0.4 is 4.74 Å². The van der Waals surface area contributed by atoms with E-state index in [0.717, 1.165) is 0 Å². The minimum atomic E-state index is -4.73. The normalized spacial score (nSPS) is 18.0. The summed E-state index contributed by atoms with van der Waals surface area (Å²) >= 11 is 0. The van der Waals surface area contributed by atoms with E-state index >= 15 is 0 Å². The molecule has 1 heterocycles. The molecule has 0 saturated carbocycles. The number of carbonyl (C=O) groups excluding carboxylic acids is 2. The molecule has 1 atom stereocenters. The summed E-state index contributed by atoms with van der Waals surface area (Å²) in [5.74, 6) is -0.894. The Balaban J connectivity index is 1.97. The van der Waals surface area contributed by atoms with E-state index in [1.807, 2.05) is 13.8 Å². The van der Waals surface area contributed by atoms with Crippen molar-refractivity contribution < 1.29 is 27.5 Å². The largest absolute Gasteiger partial charge is 0.573 e. The Morgan fingerprint density at radius 3 is 2.44 bits per heavy atom. The van der Waals surface area contributed by atoms with Crippen LogP contribution in [0.5, 0.6) is 5.75 Å². The van der Waals surface area contributed by atoms with E-state index in [1.165, 1.54) is 24.3 Å². The number of halogens is 3. The number of likely N-dealkylation sites (tertiary alicyclic amines) is 1. The predicted molar refractivity (Wildman–Crippen MR) is 84.6 cm³/mol. The fraction of sp³-hybridized carbons (Fsp3) is 0.529. The van der Waals surface area contributed by atoms with Crippen LogP contribution in [0.3, 0.4) is 0 Å². The lowest BCUT2D eigenvalue weighted by Gasteiger charge is -2.24. The number of hydrogen-bond donors (Lipinski definition) is 0. The summed E-state index contributed by atoms with van der Waals surface area (Å²) in [7, 11) is 1.71. The van der Waals surface area contributed by atoms with E-state index < -0.39 is 6.36 Å². The molecule has 5 nitrogen and oxygen atoms in total. The van der Waals surface area contributed by atoms with Gasteiger partial charge in [0, 0.05) is 32.6 Å². The highest BCUT2D eigenvalue weighted by molar-refractivity contribution is 5.89. The molecule has 138 valence electrons. The molecule has 1 aliphatic heterocycles. The number of nitrogens with zero attached hydrogens (tertiary/aromatic N) is 2. The van der Waals surface area contributed by atoms with Gasteiger partial charge in [-0.2, -0.15) is 0 Å². The van der Waals surface area contributed by atoms with Gasteiger partial charge in [-0.3, -0.25) is 9.59 Å². The van der Waals surface area contributed by atoms with Crippen LogP contribution >= 0.6 is 0 Å². The average molecular weight is 358 g/mol. The highest BCUT2D eigenvalue weighted by Gasteiger charge is 2.36. The van der Waals surface area contributed by atoms with Crippen LogP contribution in [0.25, 0.3) is 0 Å². The average Bonchev–Trinajstić information content (AvgIpc) is 2.87. The fourth-order valence-electron chi connectivity index (χ4n) is 2.65. The first-order chi connectivity index (χ1) is 11.6. The van der Waals surface area contributed by atoms with Crippen LogP contribution in [0.15, 0.2) is 24.3 Å². The number of hydrogen-bond acceptors (Lipinski definition) is 3. The number of carbonyl (C=O) groups is 2. The Hall–Kier alpha value is -2.25. The molecule has 8 heteroatoms. The fourth-order valence-corrected chi connectivity index (χ4v) is 2.65. The highest BCUT2D eigenvalue weighted by Crippen LogP contribution is 2.25. The lowest BCUT2D eigenvalue weighted by molar-refractivity contribution is -0.274. The molecule has 0 bridgehead atoms. The monoisotopic (exact) mass is 358 g/mol. The number of amides is 2. The topological polar surface area (TPSA) is 49.9 Å². The Labute approximate surface area is 144 Å². The van der Waals surface area contributed by atoms with E-state index in [2.05, 4.69) is 4.74 Å². The van der Waals surface area contributed by atoms with Crippen LogP contribution in [0.1, 0.15) is 25.8 Å². The molecule has 1 saturated heterocycles. The van der Waals surface area contributed by atoms with Gasteiger partial charge in [-0.05, 0) is 31.5 Å². The molecule has 2 amide bonds. The Morgan fingerprint density at radius 1 is 1.32 bits per heavy atom. The first kappa shape index (κ1) is 19.1. The van der Waals surface area contributed by atoms with Crippen LogP contribution in [-0.2, 0) is 16.1 Å². The van der Waals surface area contributed by atoms with Crippen molar-refractivity contribution in [2.45, 2.75) is 39.2 Å². The molecule has 1 aromatic rings. The molecule has 0 radical (unpaired) electrons. The van der Waals surface area contributed by atoms with E-state index in [4.69, 9.17) is 0 Å². The molecule has 1 aromatic carbocycles. The smallest absolute Gasteiger partial charge is 0.406 e. The third-order valence-corrected chi connectivity index (χ3v) is 4.22. The predicted octanol–water partition coefficient (Wildman–Crippen LogP) is 2.80. The minimum absolute atomic E-state index is 0.0535. The summed E-state index contributed by atoms with van der Waals surface area (Å²) in [6.07, 6.45) is -4.58. The van der Waals surface area contributed by atoms with Crippen LogP contribution in [0, 0.1) is 5.92 Å². The first-order valence-corrected chi connectivity index (χ1v) is 7.96. The SMILES string of the molecule is CC(C)N(C)C(=O)[C@@H]1CC(=O)N(Cc2ccc(OC(F)(F)F)cc2)C1. The maximum atomic E-state index is 12.3. The Morgan fingerprint density at radius 2 is 1.92 bits per heavy atom. The van der Waals surface area contributed by atoms with E-state index in [-0.39, 0.29) is 42.5 Å². The van der Waals surface area contributed by atoms with Gasteiger partial charge in [0.1, 0.15) is 5.75 Å². The summed E-state index contributed by atoms with van der Waals surface area (Å²) < 4.78 is 40.3. The molecule has 1 fully saturated rings. The highest BCUT2D eigenvalue weighted by atomic mass is 19.4. The molecular weight excluding hydrogens is 337 g/mol. The quantitative estimate of drug-likeness (QED) is 0.813. The molecule has 2 rings (SSSR count). The molecule has 0 spiro atoms. The molecule has 0 aliphatic carbocycles. The zero-order chi connectivity index (χ0) is 18.8. The van der Waals surface area contributed by atoms with Crippen molar-refractivity contribution in [3.63, 3.8) is 0 Å². The lowest BCUT2D eigenvalue weighted by Crippen LogP contribution is -2.38. The van der Waals surface area contributed by atoms with Crippen molar-refractivity contribution in [2.24, 2.45) is 5.92 Å². The molecule has 0 N–H and O–H groups in total. The van der Waals surface area contributed by atoms with Gasteiger partial charge in [-0.25, -0.2) is 0 Å². The van der Waals surface area contributed by atoms with Crippen molar-refractivity contribution in [1.29, 1.82) is 0 Å². The maximum absolute atomic E-state index is 12.3. The second-order valence-corrected chi connectivity index (χ2v) is 6.41. The van der Waals surface area contributed by atoms with Crippen molar-refractivity contribution in [1.82, 2.24) is 9.80 Å². The number of ether oxygens (including phenoxy) is 1. The van der Waals surface area contributed by atoms with Gasteiger partial charge in [0.05, 0.1) is 5.92 Å². The minimum Gasteiger partial charge on any atom is -0.406 e. The van der Waals surface area contributed by atoms with E-state index in [9.17, 15) is 22.8 Å². The molecule has 0 aromatic heterocycles. The van der Waals surface area contributed by atoms with Crippen molar-refractivity contribution in [2.75, 3.05) is 13.6 Å². The first-order valence-electron chi connectivity index (χ1n) is 7.96. The van der Waals surface area contributed by atoms with Gasteiger partial charge in [-0.1, -0.05) is 12.1 Å². The summed E-state index contributed by atoms with van der Waals surface area (Å²) in [6.45, 7) is 4.36.